The number of hydrogen-bond acceptors (Lipinski definition) is 2. The molecule has 4 aromatic carbocycles. The van der Waals surface area contributed by atoms with Crippen molar-refractivity contribution >= 4 is 17.5 Å². The maximum Gasteiger partial charge on any atom is 0.227 e. The molecule has 0 fully saturated rings. The first-order chi connectivity index (χ1) is 16.9. The highest BCUT2D eigenvalue weighted by Crippen LogP contribution is 2.28. The van der Waals surface area contributed by atoms with Gasteiger partial charge >= 0.3 is 0 Å². The average molecular weight is 492 g/mol. The van der Waals surface area contributed by atoms with Crippen molar-refractivity contribution < 1.29 is 18.3 Å². The van der Waals surface area contributed by atoms with Crippen LogP contribution in [0.4, 0.5) is 8.78 Å². The van der Waals surface area contributed by atoms with Crippen LogP contribution in [0.1, 0.15) is 16.7 Å². The molecule has 4 aromatic rings. The number of benzene rings is 4. The van der Waals surface area contributed by atoms with E-state index in [2.05, 4.69) is 0 Å². The molecule has 0 aliphatic heterocycles. The molecule has 0 bridgehead atoms. The Morgan fingerprint density at radius 2 is 1.60 bits per heavy atom. The van der Waals surface area contributed by atoms with Crippen LogP contribution < -0.4 is 4.74 Å². The molecule has 0 aromatic heterocycles. The largest absolute Gasteiger partial charge is 0.497 e. The lowest BCUT2D eigenvalue weighted by Crippen LogP contribution is -2.32. The molecule has 0 atom stereocenters. The van der Waals surface area contributed by atoms with Crippen LogP contribution in [0, 0.1) is 11.6 Å². The number of hydrogen-bond donors (Lipinski definition) is 0. The molecule has 0 heterocycles. The van der Waals surface area contributed by atoms with Gasteiger partial charge in [-0.25, -0.2) is 8.78 Å². The van der Waals surface area contributed by atoms with Gasteiger partial charge in [-0.3, -0.25) is 4.79 Å². The lowest BCUT2D eigenvalue weighted by Gasteiger charge is -2.25. The summed E-state index contributed by atoms with van der Waals surface area (Å²) < 4.78 is 33.2. The second kappa shape index (κ2) is 11.2. The molecule has 3 nitrogen and oxygen atoms in total. The Morgan fingerprint density at radius 3 is 2.31 bits per heavy atom. The third-order valence-corrected chi connectivity index (χ3v) is 5.99. The second-order valence-electron chi connectivity index (χ2n) is 8.18. The van der Waals surface area contributed by atoms with Gasteiger partial charge in [-0.2, -0.15) is 0 Å². The van der Waals surface area contributed by atoms with Crippen LogP contribution in [0.25, 0.3) is 11.1 Å². The third-order valence-electron chi connectivity index (χ3n) is 5.76. The Hall–Kier alpha value is -3.70. The number of amides is 1. The normalized spacial score (nSPS) is 10.7. The molecule has 0 aliphatic rings. The van der Waals surface area contributed by atoms with Crippen LogP contribution in [-0.2, 0) is 24.3 Å². The van der Waals surface area contributed by atoms with E-state index in [-0.39, 0.29) is 31.0 Å². The summed E-state index contributed by atoms with van der Waals surface area (Å²) in [5, 5.41) is 0.609. The van der Waals surface area contributed by atoms with E-state index < -0.39 is 11.6 Å². The van der Waals surface area contributed by atoms with E-state index in [1.807, 2.05) is 54.6 Å². The maximum absolute atomic E-state index is 14.5. The molecule has 0 spiro atoms. The number of halogens is 3. The van der Waals surface area contributed by atoms with Gasteiger partial charge in [0.2, 0.25) is 5.91 Å². The highest BCUT2D eigenvalue weighted by atomic mass is 35.5. The minimum Gasteiger partial charge on any atom is -0.497 e. The fourth-order valence-corrected chi connectivity index (χ4v) is 4.11. The van der Waals surface area contributed by atoms with E-state index in [1.54, 1.807) is 30.2 Å². The Balaban J connectivity index is 1.65. The predicted molar refractivity (Wildman–Crippen MR) is 134 cm³/mol. The van der Waals surface area contributed by atoms with Crippen LogP contribution in [0.3, 0.4) is 0 Å². The number of nitrogens with zero attached hydrogens (tertiary/aromatic N) is 1. The van der Waals surface area contributed by atoms with E-state index in [0.717, 1.165) is 28.3 Å². The first-order valence-corrected chi connectivity index (χ1v) is 11.5. The first-order valence-electron chi connectivity index (χ1n) is 11.1. The van der Waals surface area contributed by atoms with Gasteiger partial charge in [0.25, 0.3) is 0 Å². The van der Waals surface area contributed by atoms with Crippen molar-refractivity contribution in [1.82, 2.24) is 4.90 Å². The fourth-order valence-electron chi connectivity index (χ4n) is 3.92. The highest BCUT2D eigenvalue weighted by molar-refractivity contribution is 6.30. The predicted octanol–water partition coefficient (Wildman–Crippen LogP) is 7.07. The Morgan fingerprint density at radius 1 is 0.857 bits per heavy atom. The Kier molecular flexibility index (Phi) is 7.78. The number of ether oxygens (including phenoxy) is 1. The van der Waals surface area contributed by atoms with Gasteiger partial charge in [0.15, 0.2) is 0 Å². The minimum absolute atomic E-state index is 0.00494. The molecule has 0 unspecified atom stereocenters. The molecular weight excluding hydrogens is 468 g/mol. The molecule has 178 valence electrons. The van der Waals surface area contributed by atoms with Gasteiger partial charge in [0.05, 0.1) is 13.5 Å². The Bertz CT molecular complexity index is 1320. The molecule has 0 aliphatic carbocycles. The van der Waals surface area contributed by atoms with E-state index in [1.165, 1.54) is 12.1 Å². The standard InChI is InChI=1S/C29H24ClF2NO2/c1-35-26-13-9-20(10-14-26)15-29(34)33(19-23-11-12-25(31)17-28(23)32)18-22-5-2-3-8-27(22)21-6-4-7-24(30)16-21/h2-14,16-17H,15,18-19H2,1H3. The van der Waals surface area contributed by atoms with Crippen molar-refractivity contribution in [3.05, 3.63) is 124 Å². The van der Waals surface area contributed by atoms with Crippen molar-refractivity contribution in [3.8, 4) is 16.9 Å². The first kappa shape index (κ1) is 24.4. The molecule has 0 saturated carbocycles. The van der Waals surface area contributed by atoms with Crippen molar-refractivity contribution in [2.75, 3.05) is 7.11 Å². The minimum atomic E-state index is -0.685. The zero-order valence-electron chi connectivity index (χ0n) is 19.2. The second-order valence-corrected chi connectivity index (χ2v) is 8.61. The quantitative estimate of drug-likeness (QED) is 0.264. The van der Waals surface area contributed by atoms with Crippen LogP contribution >= 0.6 is 11.6 Å². The molecule has 1 amide bonds. The van der Waals surface area contributed by atoms with Crippen molar-refractivity contribution in [1.29, 1.82) is 0 Å². The fraction of sp³-hybridized carbons (Fsp3) is 0.138. The summed E-state index contributed by atoms with van der Waals surface area (Å²) in [5.74, 6) is -0.828. The summed E-state index contributed by atoms with van der Waals surface area (Å²) in [6, 6.07) is 25.9. The number of methoxy groups -OCH3 is 1. The maximum atomic E-state index is 14.5. The van der Waals surface area contributed by atoms with E-state index in [4.69, 9.17) is 16.3 Å². The van der Waals surface area contributed by atoms with Crippen LogP contribution in [-0.4, -0.2) is 17.9 Å². The summed E-state index contributed by atoms with van der Waals surface area (Å²) >= 11 is 6.21. The number of rotatable bonds is 8. The van der Waals surface area contributed by atoms with Crippen LogP contribution in [0.15, 0.2) is 91.0 Å². The van der Waals surface area contributed by atoms with Gasteiger partial charge < -0.3 is 9.64 Å². The number of carbonyl (C=O) groups is 1. The van der Waals surface area contributed by atoms with Gasteiger partial charge in [-0.1, -0.05) is 66.2 Å². The van der Waals surface area contributed by atoms with E-state index in [0.29, 0.717) is 10.8 Å². The molecule has 6 heteroatoms. The average Bonchev–Trinajstić information content (AvgIpc) is 2.86. The molecule has 35 heavy (non-hydrogen) atoms. The van der Waals surface area contributed by atoms with Crippen molar-refractivity contribution in [2.24, 2.45) is 0 Å². The van der Waals surface area contributed by atoms with Crippen LogP contribution in [0.5, 0.6) is 5.75 Å². The molecule has 0 radical (unpaired) electrons. The van der Waals surface area contributed by atoms with Gasteiger partial charge in [0.1, 0.15) is 17.4 Å². The zero-order chi connectivity index (χ0) is 24.8. The lowest BCUT2D eigenvalue weighted by molar-refractivity contribution is -0.131. The molecule has 4 rings (SSSR count). The summed E-state index contributed by atoms with van der Waals surface area (Å²) in [4.78, 5) is 15.0. The summed E-state index contributed by atoms with van der Waals surface area (Å²) in [6.07, 6.45) is 0.131. The monoisotopic (exact) mass is 491 g/mol. The topological polar surface area (TPSA) is 29.5 Å². The molecular formula is C29H24ClF2NO2. The van der Waals surface area contributed by atoms with Crippen molar-refractivity contribution in [3.63, 3.8) is 0 Å². The lowest BCUT2D eigenvalue weighted by atomic mass is 9.99. The van der Waals surface area contributed by atoms with Crippen LogP contribution in [0.2, 0.25) is 5.02 Å². The Labute approximate surface area is 208 Å². The molecule has 0 N–H and O–H groups in total. The number of carbonyl (C=O) groups excluding carboxylic acids is 1. The van der Waals surface area contributed by atoms with Gasteiger partial charge in [-0.05, 0) is 52.6 Å². The van der Waals surface area contributed by atoms with Gasteiger partial charge in [0, 0.05) is 29.7 Å². The summed E-state index contributed by atoms with van der Waals surface area (Å²) in [7, 11) is 1.58. The van der Waals surface area contributed by atoms with Crippen molar-refractivity contribution in [2.45, 2.75) is 19.5 Å². The summed E-state index contributed by atoms with van der Waals surface area (Å²) in [5.41, 5.74) is 3.79. The smallest absolute Gasteiger partial charge is 0.227 e. The third kappa shape index (κ3) is 6.25. The van der Waals surface area contributed by atoms with Gasteiger partial charge in [-0.15, -0.1) is 0 Å². The summed E-state index contributed by atoms with van der Waals surface area (Å²) in [6.45, 7) is 0.249. The SMILES string of the molecule is COc1ccc(CC(=O)N(Cc2ccc(F)cc2F)Cc2ccccc2-c2cccc(Cl)c2)cc1. The molecule has 0 saturated heterocycles. The van der Waals surface area contributed by atoms with E-state index in [9.17, 15) is 13.6 Å². The highest BCUT2D eigenvalue weighted by Gasteiger charge is 2.19. The van der Waals surface area contributed by atoms with E-state index >= 15 is 0 Å². The zero-order valence-corrected chi connectivity index (χ0v) is 19.9.